The van der Waals surface area contributed by atoms with Crippen LogP contribution >= 0.6 is 0 Å². The number of nitrogens with zero attached hydrogens (tertiary/aromatic N) is 6. The van der Waals surface area contributed by atoms with Gasteiger partial charge in [-0.1, -0.05) is 18.2 Å². The highest BCUT2D eigenvalue weighted by Crippen LogP contribution is 2.33. The third kappa shape index (κ3) is 4.53. The first-order valence-corrected chi connectivity index (χ1v) is 12.1. The summed E-state index contributed by atoms with van der Waals surface area (Å²) in [7, 11) is 8.21. The van der Waals surface area contributed by atoms with Crippen LogP contribution in [0.5, 0.6) is 0 Å². The van der Waals surface area contributed by atoms with Crippen LogP contribution in [0.1, 0.15) is 29.5 Å². The molecule has 1 atom stereocenters. The highest BCUT2D eigenvalue weighted by molar-refractivity contribution is 6.04. The molecule has 8 nitrogen and oxygen atoms in total. The second kappa shape index (κ2) is 9.53. The second-order valence-corrected chi connectivity index (χ2v) is 9.50. The van der Waals surface area contributed by atoms with E-state index in [-0.39, 0.29) is 6.17 Å². The third-order valence-corrected chi connectivity index (χ3v) is 7.03. The lowest BCUT2D eigenvalue weighted by Crippen LogP contribution is -2.51. The van der Waals surface area contributed by atoms with Gasteiger partial charge in [0.2, 0.25) is 0 Å². The highest BCUT2D eigenvalue weighted by atomic mass is 15.3. The molecule has 8 heteroatoms. The van der Waals surface area contributed by atoms with Crippen LogP contribution in [0.15, 0.2) is 53.7 Å². The first-order chi connectivity index (χ1) is 17.0. The van der Waals surface area contributed by atoms with Gasteiger partial charge in [0.1, 0.15) is 6.17 Å². The van der Waals surface area contributed by atoms with Crippen LogP contribution in [0, 0.1) is 11.3 Å². The Hall–Kier alpha value is -3.67. The molecule has 3 heterocycles. The van der Waals surface area contributed by atoms with E-state index >= 15 is 0 Å². The van der Waals surface area contributed by atoms with Gasteiger partial charge in [-0.2, -0.15) is 10.4 Å². The topological polar surface area (TPSA) is 84.5 Å². The van der Waals surface area contributed by atoms with Crippen LogP contribution in [-0.4, -0.2) is 72.0 Å². The zero-order valence-corrected chi connectivity index (χ0v) is 20.8. The van der Waals surface area contributed by atoms with Crippen LogP contribution in [0.2, 0.25) is 0 Å². The Kier molecular flexibility index (Phi) is 6.29. The Labute approximate surface area is 206 Å². The number of guanidine groups is 1. The number of likely N-dealkylation sites (N-methyl/N-ethyl adjacent to an activating group) is 1. The first kappa shape index (κ1) is 23.1. The Bertz CT molecular complexity index is 1320. The van der Waals surface area contributed by atoms with Crippen molar-refractivity contribution in [2.75, 3.05) is 34.2 Å². The Morgan fingerprint density at radius 3 is 2.46 bits per heavy atom. The smallest absolute Gasteiger partial charge is 0.200 e. The summed E-state index contributed by atoms with van der Waals surface area (Å²) in [5.74, 6) is 0.895. The van der Waals surface area contributed by atoms with Gasteiger partial charge < -0.3 is 15.1 Å². The summed E-state index contributed by atoms with van der Waals surface area (Å²) < 4.78 is 1.84. The van der Waals surface area contributed by atoms with Gasteiger partial charge in [0.15, 0.2) is 5.96 Å². The number of aromatic nitrogens is 2. The average Bonchev–Trinajstić information content (AvgIpc) is 3.27. The number of rotatable bonds is 4. The molecule has 2 aromatic carbocycles. The molecule has 0 spiro atoms. The van der Waals surface area contributed by atoms with Crippen molar-refractivity contribution in [3.63, 3.8) is 0 Å². The minimum Gasteiger partial charge on any atom is -0.343 e. The Balaban J connectivity index is 1.57. The quantitative estimate of drug-likeness (QED) is 0.613. The molecule has 1 saturated heterocycles. The zero-order chi connectivity index (χ0) is 24.5. The molecule has 2 N–H and O–H groups in total. The molecule has 3 aromatic rings. The van der Waals surface area contributed by atoms with E-state index in [1.54, 1.807) is 0 Å². The van der Waals surface area contributed by atoms with Gasteiger partial charge in [0, 0.05) is 43.3 Å². The molecule has 0 aliphatic carbocycles. The normalized spacial score (nSPS) is 19.1. The predicted octanol–water partition coefficient (Wildman–Crippen LogP) is 2.84. The van der Waals surface area contributed by atoms with Crippen molar-refractivity contribution in [2.24, 2.45) is 12.0 Å². The maximum absolute atomic E-state index is 9.30. The molecule has 0 radical (unpaired) electrons. The van der Waals surface area contributed by atoms with Gasteiger partial charge in [0.25, 0.3) is 0 Å². The van der Waals surface area contributed by atoms with Crippen molar-refractivity contribution in [2.45, 2.75) is 25.0 Å². The third-order valence-electron chi connectivity index (χ3n) is 7.03. The van der Waals surface area contributed by atoms with Crippen LogP contribution in [0.25, 0.3) is 22.2 Å². The lowest BCUT2D eigenvalue weighted by molar-refractivity contribution is 0.189. The van der Waals surface area contributed by atoms with Crippen molar-refractivity contribution >= 4 is 28.1 Å². The number of benzene rings is 2. The standard InChI is InChI=1S/C27H32N8/c1-29-26-24(20-9-10-23-21(15-20)17-34(4)32-23)25(19-7-5-18(16-28)6-8-19)30-27(31-26)35-13-11-22(12-14-35)33(2)3/h5-10,15,17,22,26,29H,11-14H2,1-4H3,(H,30,31). The van der Waals surface area contributed by atoms with Gasteiger partial charge in [-0.25, -0.2) is 4.99 Å². The summed E-state index contributed by atoms with van der Waals surface area (Å²) >= 11 is 0. The molecule has 35 heavy (non-hydrogen) atoms. The molecule has 0 saturated carbocycles. The number of hydrogen-bond donors (Lipinski definition) is 2. The Morgan fingerprint density at radius 1 is 1.09 bits per heavy atom. The van der Waals surface area contributed by atoms with Gasteiger partial charge in [0.05, 0.1) is 22.8 Å². The average molecular weight is 469 g/mol. The first-order valence-electron chi connectivity index (χ1n) is 12.1. The molecule has 0 amide bonds. The molecule has 2 aliphatic heterocycles. The molecule has 0 bridgehead atoms. The summed E-state index contributed by atoms with van der Waals surface area (Å²) in [6.45, 7) is 1.92. The maximum atomic E-state index is 9.30. The summed E-state index contributed by atoms with van der Waals surface area (Å²) in [6.07, 6.45) is 4.05. The van der Waals surface area contributed by atoms with E-state index in [2.05, 4.69) is 63.9 Å². The van der Waals surface area contributed by atoms with Gasteiger partial charge in [-0.15, -0.1) is 0 Å². The van der Waals surface area contributed by atoms with Crippen LogP contribution in [-0.2, 0) is 7.05 Å². The van der Waals surface area contributed by atoms with Crippen molar-refractivity contribution < 1.29 is 0 Å². The van der Waals surface area contributed by atoms with Gasteiger partial charge >= 0.3 is 0 Å². The molecule has 2 aliphatic rings. The largest absolute Gasteiger partial charge is 0.343 e. The van der Waals surface area contributed by atoms with Crippen LogP contribution < -0.4 is 10.6 Å². The van der Waals surface area contributed by atoms with E-state index in [4.69, 9.17) is 4.99 Å². The fourth-order valence-corrected chi connectivity index (χ4v) is 5.06. The minimum atomic E-state index is -0.211. The number of piperidine rings is 1. The SMILES string of the molecule is CNC1N=C(N2CCC(N(C)C)CC2)NC(c2ccc(C#N)cc2)=C1c1ccc2nn(C)cc2c1. The number of likely N-dealkylation sites (tertiary alicyclic amines) is 1. The van der Waals surface area contributed by atoms with Crippen molar-refractivity contribution in [1.29, 1.82) is 5.26 Å². The van der Waals surface area contributed by atoms with E-state index < -0.39 is 0 Å². The van der Waals surface area contributed by atoms with Crippen molar-refractivity contribution in [1.82, 2.24) is 30.2 Å². The van der Waals surface area contributed by atoms with E-state index in [1.165, 1.54) is 0 Å². The van der Waals surface area contributed by atoms with Crippen LogP contribution in [0.3, 0.4) is 0 Å². The maximum Gasteiger partial charge on any atom is 0.200 e. The lowest BCUT2D eigenvalue weighted by atomic mass is 9.94. The number of hydrogen-bond acceptors (Lipinski definition) is 7. The molecule has 5 rings (SSSR count). The number of fused-ring (bicyclic) bond motifs is 1. The highest BCUT2D eigenvalue weighted by Gasteiger charge is 2.30. The number of nitrogens with one attached hydrogen (secondary N) is 2. The number of aliphatic imine (C=N–C) groups is 1. The molecule has 1 fully saturated rings. The van der Waals surface area contributed by atoms with Crippen molar-refractivity contribution in [3.05, 3.63) is 65.4 Å². The fraction of sp³-hybridized carbons (Fsp3) is 0.370. The second-order valence-electron chi connectivity index (χ2n) is 9.50. The van der Waals surface area contributed by atoms with Gasteiger partial charge in [-0.05, 0) is 69.4 Å². The molecule has 180 valence electrons. The zero-order valence-electron chi connectivity index (χ0n) is 20.8. The van der Waals surface area contributed by atoms with Gasteiger partial charge in [-0.3, -0.25) is 10.00 Å². The molecular formula is C27H32N8. The Morgan fingerprint density at radius 2 is 1.80 bits per heavy atom. The van der Waals surface area contributed by atoms with E-state index in [1.807, 2.05) is 49.2 Å². The predicted molar refractivity (Wildman–Crippen MR) is 140 cm³/mol. The van der Waals surface area contributed by atoms with E-state index in [0.29, 0.717) is 11.6 Å². The summed E-state index contributed by atoms with van der Waals surface area (Å²) in [4.78, 5) is 9.80. The number of aryl methyl sites for hydroxylation is 1. The summed E-state index contributed by atoms with van der Waals surface area (Å²) in [5, 5.41) is 22.0. The van der Waals surface area contributed by atoms with E-state index in [0.717, 1.165) is 65.2 Å². The fourth-order valence-electron chi connectivity index (χ4n) is 5.06. The monoisotopic (exact) mass is 468 g/mol. The lowest BCUT2D eigenvalue weighted by Gasteiger charge is -2.39. The van der Waals surface area contributed by atoms with E-state index in [9.17, 15) is 5.26 Å². The minimum absolute atomic E-state index is 0.211. The number of nitriles is 1. The molecule has 1 unspecified atom stereocenters. The molecule has 1 aromatic heterocycles. The molecular weight excluding hydrogens is 436 g/mol. The summed E-state index contributed by atoms with van der Waals surface area (Å²) in [6, 6.07) is 16.9. The van der Waals surface area contributed by atoms with Crippen LogP contribution in [0.4, 0.5) is 0 Å². The summed E-state index contributed by atoms with van der Waals surface area (Å²) in [5.41, 5.74) is 5.82. The van der Waals surface area contributed by atoms with Crippen molar-refractivity contribution in [3.8, 4) is 6.07 Å².